The number of piperidine rings is 1. The van der Waals surface area contributed by atoms with Crippen molar-refractivity contribution in [1.29, 1.82) is 0 Å². The van der Waals surface area contributed by atoms with Gasteiger partial charge in [-0.3, -0.25) is 4.79 Å². The Morgan fingerprint density at radius 2 is 1.89 bits per heavy atom. The molecule has 2 fully saturated rings. The molecule has 104 valence electrons. The Morgan fingerprint density at radius 3 is 2.61 bits per heavy atom. The van der Waals surface area contributed by atoms with Crippen LogP contribution < -0.4 is 5.32 Å². The Balaban J connectivity index is 1.71. The Bertz CT molecular complexity index is 275. The average Bonchev–Trinajstić information content (AvgIpc) is 2.66. The number of nitrogens with one attached hydrogen (secondary N) is 1. The molecule has 0 unspecified atom stereocenters. The van der Waals surface area contributed by atoms with E-state index in [4.69, 9.17) is 5.11 Å². The van der Waals surface area contributed by atoms with Crippen molar-refractivity contribution in [3.05, 3.63) is 0 Å². The lowest BCUT2D eigenvalue weighted by Crippen LogP contribution is -2.38. The van der Waals surface area contributed by atoms with Gasteiger partial charge in [-0.1, -0.05) is 12.8 Å². The highest BCUT2D eigenvalue weighted by Gasteiger charge is 2.43. The first-order chi connectivity index (χ1) is 8.76. The van der Waals surface area contributed by atoms with Crippen LogP contribution in [0.25, 0.3) is 0 Å². The molecule has 4 nitrogen and oxygen atoms in total. The second-order valence-corrected chi connectivity index (χ2v) is 5.88. The fourth-order valence-corrected chi connectivity index (χ4v) is 3.25. The van der Waals surface area contributed by atoms with Crippen molar-refractivity contribution in [2.75, 3.05) is 32.8 Å². The minimum absolute atomic E-state index is 0.285. The topological polar surface area (TPSA) is 52.6 Å². The molecule has 0 aliphatic carbocycles. The van der Waals surface area contributed by atoms with Gasteiger partial charge in [-0.2, -0.15) is 0 Å². The van der Waals surface area contributed by atoms with E-state index >= 15 is 0 Å². The van der Waals surface area contributed by atoms with E-state index in [1.807, 2.05) is 0 Å². The van der Waals surface area contributed by atoms with Crippen LogP contribution in [0.5, 0.6) is 0 Å². The minimum Gasteiger partial charge on any atom is -0.396 e. The van der Waals surface area contributed by atoms with Crippen molar-refractivity contribution in [2.24, 2.45) is 5.41 Å². The number of unbranched alkanes of at least 4 members (excludes halogenated alkanes) is 3. The fraction of sp³-hybridized carbons (Fsp3) is 0.929. The third-order valence-electron chi connectivity index (χ3n) is 4.41. The van der Waals surface area contributed by atoms with Gasteiger partial charge in [-0.05, 0) is 44.2 Å². The number of carbonyl (C=O) groups is 1. The molecule has 0 aromatic heterocycles. The van der Waals surface area contributed by atoms with E-state index in [0.717, 1.165) is 71.1 Å². The van der Waals surface area contributed by atoms with E-state index in [9.17, 15) is 4.79 Å². The lowest BCUT2D eigenvalue weighted by molar-refractivity contribution is -0.127. The molecule has 0 aromatic carbocycles. The van der Waals surface area contributed by atoms with Crippen molar-refractivity contribution in [1.82, 2.24) is 10.2 Å². The number of rotatable bonds is 6. The molecule has 1 spiro atoms. The minimum atomic E-state index is 0.285. The molecule has 2 aliphatic heterocycles. The van der Waals surface area contributed by atoms with Gasteiger partial charge in [0.1, 0.15) is 0 Å². The first kappa shape index (κ1) is 13.8. The first-order valence-corrected chi connectivity index (χ1v) is 7.35. The Kier molecular flexibility index (Phi) is 5.01. The largest absolute Gasteiger partial charge is 0.396 e. The predicted molar refractivity (Wildman–Crippen MR) is 71.3 cm³/mol. The molecular weight excluding hydrogens is 228 g/mol. The number of aliphatic hydroxyl groups is 1. The predicted octanol–water partition coefficient (Wildman–Crippen LogP) is 1.14. The summed E-state index contributed by atoms with van der Waals surface area (Å²) in [5, 5.41) is 12.1. The van der Waals surface area contributed by atoms with Gasteiger partial charge in [0, 0.05) is 26.1 Å². The van der Waals surface area contributed by atoms with Gasteiger partial charge in [-0.25, -0.2) is 0 Å². The molecule has 2 rings (SSSR count). The molecule has 1 amide bonds. The van der Waals surface area contributed by atoms with Crippen LogP contribution in [0.3, 0.4) is 0 Å². The second kappa shape index (κ2) is 6.53. The second-order valence-electron chi connectivity index (χ2n) is 5.88. The Morgan fingerprint density at radius 1 is 1.17 bits per heavy atom. The van der Waals surface area contributed by atoms with Crippen LogP contribution in [-0.4, -0.2) is 48.7 Å². The lowest BCUT2D eigenvalue weighted by Gasteiger charge is -2.33. The molecule has 2 saturated heterocycles. The van der Waals surface area contributed by atoms with Gasteiger partial charge >= 0.3 is 0 Å². The summed E-state index contributed by atoms with van der Waals surface area (Å²) < 4.78 is 0. The fourth-order valence-electron chi connectivity index (χ4n) is 3.25. The third kappa shape index (κ3) is 3.45. The van der Waals surface area contributed by atoms with Crippen LogP contribution in [0, 0.1) is 5.41 Å². The zero-order chi connectivity index (χ0) is 12.8. The van der Waals surface area contributed by atoms with E-state index in [1.165, 1.54) is 0 Å². The molecule has 2 aliphatic rings. The number of likely N-dealkylation sites (tertiary alicyclic amines) is 1. The van der Waals surface area contributed by atoms with Crippen molar-refractivity contribution >= 4 is 5.91 Å². The van der Waals surface area contributed by atoms with E-state index < -0.39 is 0 Å². The summed E-state index contributed by atoms with van der Waals surface area (Å²) in [5.41, 5.74) is 0.285. The van der Waals surface area contributed by atoms with Crippen molar-refractivity contribution in [2.45, 2.75) is 44.9 Å². The average molecular weight is 254 g/mol. The highest BCUT2D eigenvalue weighted by Crippen LogP contribution is 2.39. The molecule has 0 aromatic rings. The van der Waals surface area contributed by atoms with E-state index in [-0.39, 0.29) is 5.41 Å². The van der Waals surface area contributed by atoms with Gasteiger partial charge in [0.2, 0.25) is 5.91 Å². The Labute approximate surface area is 110 Å². The normalized spacial score (nSPS) is 22.9. The van der Waals surface area contributed by atoms with Crippen molar-refractivity contribution in [3.63, 3.8) is 0 Å². The summed E-state index contributed by atoms with van der Waals surface area (Å²) in [7, 11) is 0. The van der Waals surface area contributed by atoms with Crippen molar-refractivity contribution in [3.8, 4) is 0 Å². The summed E-state index contributed by atoms with van der Waals surface area (Å²) in [5.74, 6) is 0.360. The molecule has 2 N–H and O–H groups in total. The summed E-state index contributed by atoms with van der Waals surface area (Å²) in [6.45, 7) is 4.32. The van der Waals surface area contributed by atoms with Crippen molar-refractivity contribution < 1.29 is 9.90 Å². The quantitative estimate of drug-likeness (QED) is 0.699. The zero-order valence-corrected chi connectivity index (χ0v) is 11.3. The summed E-state index contributed by atoms with van der Waals surface area (Å²) >= 11 is 0. The molecule has 0 saturated carbocycles. The van der Waals surface area contributed by atoms with Crippen LogP contribution in [0.15, 0.2) is 0 Å². The molecule has 2 heterocycles. The highest BCUT2D eigenvalue weighted by molar-refractivity contribution is 5.79. The SMILES string of the molecule is O=C1CC2(CCNCC2)CN1CCCCCCO. The molecule has 0 bridgehead atoms. The first-order valence-electron chi connectivity index (χ1n) is 7.35. The summed E-state index contributed by atoms with van der Waals surface area (Å²) in [6, 6.07) is 0. The van der Waals surface area contributed by atoms with E-state index in [1.54, 1.807) is 0 Å². The summed E-state index contributed by atoms with van der Waals surface area (Å²) in [6.07, 6.45) is 7.25. The van der Waals surface area contributed by atoms with Crippen LogP contribution in [0.2, 0.25) is 0 Å². The Hall–Kier alpha value is -0.610. The maximum Gasteiger partial charge on any atom is 0.223 e. The molecular formula is C14H26N2O2. The monoisotopic (exact) mass is 254 g/mol. The maximum atomic E-state index is 12.0. The number of hydrogen-bond acceptors (Lipinski definition) is 3. The van der Waals surface area contributed by atoms with Crippen LogP contribution in [0.4, 0.5) is 0 Å². The molecule has 18 heavy (non-hydrogen) atoms. The van der Waals surface area contributed by atoms with Crippen LogP contribution in [-0.2, 0) is 4.79 Å². The summed E-state index contributed by atoms with van der Waals surface area (Å²) in [4.78, 5) is 14.1. The van der Waals surface area contributed by atoms with Gasteiger partial charge in [0.25, 0.3) is 0 Å². The van der Waals surface area contributed by atoms with E-state index in [2.05, 4.69) is 10.2 Å². The van der Waals surface area contributed by atoms with Gasteiger partial charge in [0.15, 0.2) is 0 Å². The third-order valence-corrected chi connectivity index (χ3v) is 4.41. The molecule has 0 atom stereocenters. The number of carbonyl (C=O) groups excluding carboxylic acids is 1. The lowest BCUT2D eigenvalue weighted by atomic mass is 9.78. The number of amides is 1. The maximum absolute atomic E-state index is 12.0. The van der Waals surface area contributed by atoms with E-state index in [0.29, 0.717) is 12.5 Å². The standard InChI is InChI=1S/C14H26N2O2/c17-10-4-2-1-3-9-16-12-14(11-13(16)18)5-7-15-8-6-14/h15,17H,1-12H2. The smallest absolute Gasteiger partial charge is 0.223 e. The number of hydrogen-bond donors (Lipinski definition) is 2. The highest BCUT2D eigenvalue weighted by atomic mass is 16.2. The number of aliphatic hydroxyl groups excluding tert-OH is 1. The number of nitrogens with zero attached hydrogens (tertiary/aromatic N) is 1. The molecule has 0 radical (unpaired) electrons. The molecule has 4 heteroatoms. The van der Waals surface area contributed by atoms with Gasteiger partial charge in [0.05, 0.1) is 0 Å². The van der Waals surface area contributed by atoms with Gasteiger partial charge < -0.3 is 15.3 Å². The van der Waals surface area contributed by atoms with Crippen LogP contribution in [0.1, 0.15) is 44.9 Å². The van der Waals surface area contributed by atoms with Crippen LogP contribution >= 0.6 is 0 Å². The zero-order valence-electron chi connectivity index (χ0n) is 11.3. The van der Waals surface area contributed by atoms with Gasteiger partial charge in [-0.15, -0.1) is 0 Å².